The first-order valence-electron chi connectivity index (χ1n) is 10.7. The topological polar surface area (TPSA) is 68.8 Å². The number of hydrogen-bond donors (Lipinski definition) is 0. The van der Waals surface area contributed by atoms with Crippen LogP contribution in [-0.4, -0.2) is 41.4 Å². The molecule has 4 aromatic rings. The van der Waals surface area contributed by atoms with Gasteiger partial charge in [0.1, 0.15) is 0 Å². The number of amides is 1. The largest absolute Gasteiger partial charge is 0.325 e. The summed E-state index contributed by atoms with van der Waals surface area (Å²) in [5.41, 5.74) is 3.29. The molecular weight excluding hydrogens is 433 g/mol. The van der Waals surface area contributed by atoms with E-state index in [1.807, 2.05) is 11.0 Å². The summed E-state index contributed by atoms with van der Waals surface area (Å²) in [6.45, 7) is 0. The highest BCUT2D eigenvalue weighted by atomic mass is 19.2. The summed E-state index contributed by atoms with van der Waals surface area (Å²) in [4.78, 5) is 19.8. The summed E-state index contributed by atoms with van der Waals surface area (Å²) < 4.78 is 44.5. The van der Waals surface area contributed by atoms with Gasteiger partial charge in [0.2, 0.25) is 0 Å². The van der Waals surface area contributed by atoms with Crippen molar-refractivity contribution in [2.75, 3.05) is 0 Å². The molecule has 168 valence electrons. The standard InChI is InChI=1S/C23H19F3N6O/c1-30-21(11-8-15(24)18(26)16(25)9-11)14-10-12-5-6-17(19(14)28-30)32(12)23(33)20-13-4-3-7-27-22(13)31(2)29-20/h3-4,7-9,12,17H,5-6,10H2,1-2H3/t12-,17+/m1/s1. The lowest BCUT2D eigenvalue weighted by atomic mass is 9.94. The highest BCUT2D eigenvalue weighted by Crippen LogP contribution is 2.47. The molecule has 5 heterocycles. The average Bonchev–Trinajstić information content (AvgIpc) is 3.43. The fraction of sp³-hybridized carbons (Fsp3) is 0.304. The van der Waals surface area contributed by atoms with E-state index >= 15 is 0 Å². The lowest BCUT2D eigenvalue weighted by Gasteiger charge is -2.34. The molecule has 1 aromatic carbocycles. The summed E-state index contributed by atoms with van der Waals surface area (Å²) in [7, 11) is 3.44. The molecule has 2 aliphatic heterocycles. The predicted molar refractivity (Wildman–Crippen MR) is 113 cm³/mol. The van der Waals surface area contributed by atoms with Crippen molar-refractivity contribution in [3.8, 4) is 11.3 Å². The third-order valence-electron chi connectivity index (χ3n) is 6.73. The van der Waals surface area contributed by atoms with E-state index in [9.17, 15) is 18.0 Å². The number of carbonyl (C=O) groups is 1. The van der Waals surface area contributed by atoms with E-state index in [1.165, 1.54) is 0 Å². The molecule has 2 atom stereocenters. The van der Waals surface area contributed by atoms with Gasteiger partial charge in [-0.25, -0.2) is 22.8 Å². The van der Waals surface area contributed by atoms with Gasteiger partial charge in [0.15, 0.2) is 28.8 Å². The number of hydrogen-bond acceptors (Lipinski definition) is 4. The summed E-state index contributed by atoms with van der Waals surface area (Å²) in [6, 6.07) is 5.22. The smallest absolute Gasteiger partial charge is 0.275 e. The zero-order valence-corrected chi connectivity index (χ0v) is 17.9. The number of benzene rings is 1. The van der Waals surface area contributed by atoms with Crippen LogP contribution in [0.4, 0.5) is 13.2 Å². The van der Waals surface area contributed by atoms with E-state index in [0.717, 1.165) is 30.5 Å². The Morgan fingerprint density at radius 1 is 1.06 bits per heavy atom. The Kier molecular flexibility index (Phi) is 4.17. The van der Waals surface area contributed by atoms with Gasteiger partial charge in [0.25, 0.3) is 5.91 Å². The van der Waals surface area contributed by atoms with Gasteiger partial charge in [-0.3, -0.25) is 9.48 Å². The van der Waals surface area contributed by atoms with Gasteiger partial charge >= 0.3 is 0 Å². The van der Waals surface area contributed by atoms with Crippen molar-refractivity contribution in [2.24, 2.45) is 14.1 Å². The van der Waals surface area contributed by atoms with Gasteiger partial charge in [0.05, 0.1) is 22.8 Å². The first kappa shape index (κ1) is 20.0. The fourth-order valence-corrected chi connectivity index (χ4v) is 5.38. The molecule has 33 heavy (non-hydrogen) atoms. The van der Waals surface area contributed by atoms with Crippen LogP contribution >= 0.6 is 0 Å². The minimum Gasteiger partial charge on any atom is -0.325 e. The van der Waals surface area contributed by atoms with Crippen LogP contribution in [0.5, 0.6) is 0 Å². The van der Waals surface area contributed by atoms with E-state index in [-0.39, 0.29) is 23.6 Å². The molecule has 6 rings (SSSR count). The first-order chi connectivity index (χ1) is 15.8. The van der Waals surface area contributed by atoms with Gasteiger partial charge in [0, 0.05) is 37.5 Å². The second-order valence-corrected chi connectivity index (χ2v) is 8.60. The van der Waals surface area contributed by atoms with Crippen LogP contribution in [0.15, 0.2) is 30.5 Å². The zero-order chi connectivity index (χ0) is 23.0. The molecule has 0 radical (unpaired) electrons. The minimum atomic E-state index is -1.50. The van der Waals surface area contributed by atoms with Gasteiger partial charge in [-0.1, -0.05) is 0 Å². The third-order valence-corrected chi connectivity index (χ3v) is 6.73. The molecule has 1 fully saturated rings. The number of halogens is 3. The van der Waals surface area contributed by atoms with E-state index in [2.05, 4.69) is 15.2 Å². The lowest BCUT2D eigenvalue weighted by Crippen LogP contribution is -2.42. The second kappa shape index (κ2) is 6.90. The zero-order valence-electron chi connectivity index (χ0n) is 17.9. The van der Waals surface area contributed by atoms with Gasteiger partial charge in [-0.2, -0.15) is 10.2 Å². The van der Waals surface area contributed by atoms with Crippen LogP contribution in [0.25, 0.3) is 22.3 Å². The van der Waals surface area contributed by atoms with Crippen molar-refractivity contribution in [3.05, 3.63) is 64.9 Å². The maximum atomic E-state index is 13.9. The molecule has 0 saturated carbocycles. The van der Waals surface area contributed by atoms with Crippen LogP contribution < -0.4 is 0 Å². The molecular formula is C23H19F3N6O. The molecule has 0 unspecified atom stereocenters. The Morgan fingerprint density at radius 2 is 1.82 bits per heavy atom. The highest BCUT2D eigenvalue weighted by molar-refractivity contribution is 6.04. The average molecular weight is 452 g/mol. The fourth-order valence-electron chi connectivity index (χ4n) is 5.38. The van der Waals surface area contributed by atoms with Crippen LogP contribution in [0.1, 0.15) is 40.6 Å². The number of aryl methyl sites for hydroxylation is 2. The van der Waals surface area contributed by atoms with E-state index in [0.29, 0.717) is 34.5 Å². The summed E-state index contributed by atoms with van der Waals surface area (Å²) in [5.74, 6) is -4.17. The summed E-state index contributed by atoms with van der Waals surface area (Å²) in [6.07, 6.45) is 3.66. The van der Waals surface area contributed by atoms with Crippen molar-refractivity contribution in [3.63, 3.8) is 0 Å². The number of fused-ring (bicyclic) bond motifs is 5. The van der Waals surface area contributed by atoms with Crippen molar-refractivity contribution in [1.82, 2.24) is 29.4 Å². The van der Waals surface area contributed by atoms with Crippen LogP contribution in [0.3, 0.4) is 0 Å². The molecule has 0 aliphatic carbocycles. The summed E-state index contributed by atoms with van der Waals surface area (Å²) >= 11 is 0. The Labute approximate surface area is 186 Å². The molecule has 7 nitrogen and oxygen atoms in total. The number of carbonyl (C=O) groups excluding carboxylic acids is 1. The highest BCUT2D eigenvalue weighted by Gasteiger charge is 2.46. The molecule has 2 bridgehead atoms. The molecule has 0 N–H and O–H groups in total. The van der Waals surface area contributed by atoms with Crippen LogP contribution in [-0.2, 0) is 20.5 Å². The van der Waals surface area contributed by atoms with Gasteiger partial charge in [-0.15, -0.1) is 0 Å². The number of rotatable bonds is 2. The Hall–Kier alpha value is -3.69. The molecule has 1 saturated heterocycles. The molecule has 2 aliphatic rings. The monoisotopic (exact) mass is 452 g/mol. The number of pyridine rings is 1. The second-order valence-electron chi connectivity index (χ2n) is 8.60. The van der Waals surface area contributed by atoms with Crippen molar-refractivity contribution < 1.29 is 18.0 Å². The maximum absolute atomic E-state index is 13.9. The van der Waals surface area contributed by atoms with Gasteiger partial charge < -0.3 is 4.90 Å². The van der Waals surface area contributed by atoms with Crippen molar-refractivity contribution in [1.29, 1.82) is 0 Å². The Bertz CT molecular complexity index is 1440. The number of aromatic nitrogens is 5. The summed E-state index contributed by atoms with van der Waals surface area (Å²) in [5, 5.41) is 9.75. The van der Waals surface area contributed by atoms with Crippen LogP contribution in [0.2, 0.25) is 0 Å². The first-order valence-corrected chi connectivity index (χ1v) is 10.7. The normalized spacial score (nSPS) is 19.4. The van der Waals surface area contributed by atoms with Crippen molar-refractivity contribution >= 4 is 16.9 Å². The quantitative estimate of drug-likeness (QED) is 0.435. The van der Waals surface area contributed by atoms with Gasteiger partial charge in [-0.05, 0) is 43.5 Å². The maximum Gasteiger partial charge on any atom is 0.275 e. The molecule has 3 aromatic heterocycles. The third kappa shape index (κ3) is 2.76. The van der Waals surface area contributed by atoms with E-state index in [1.54, 1.807) is 35.7 Å². The molecule has 1 amide bonds. The predicted octanol–water partition coefficient (Wildman–Crippen LogP) is 3.69. The SMILES string of the molecule is Cn1nc2c(c1-c1cc(F)c(F)c(F)c1)C[C@H]1CC[C@@H]2N1C(=O)c1nn(C)c2ncccc12. The lowest BCUT2D eigenvalue weighted by molar-refractivity contribution is 0.0637. The molecule has 10 heteroatoms. The van der Waals surface area contributed by atoms with Crippen molar-refractivity contribution in [2.45, 2.75) is 31.3 Å². The van der Waals surface area contributed by atoms with E-state index < -0.39 is 17.5 Å². The Morgan fingerprint density at radius 3 is 2.58 bits per heavy atom. The number of nitrogens with zero attached hydrogens (tertiary/aromatic N) is 6. The van der Waals surface area contributed by atoms with E-state index in [4.69, 9.17) is 0 Å². The van der Waals surface area contributed by atoms with Crippen LogP contribution in [0, 0.1) is 17.5 Å². The minimum absolute atomic E-state index is 0.0955. The Balaban J connectivity index is 1.43. The molecule has 0 spiro atoms.